The normalized spacial score (nSPS) is 32.7. The van der Waals surface area contributed by atoms with Crippen molar-refractivity contribution in [3.05, 3.63) is 0 Å². The van der Waals surface area contributed by atoms with Gasteiger partial charge in [-0.05, 0) is 24.0 Å². The lowest BCUT2D eigenvalue weighted by Gasteiger charge is -2.29. The second-order valence-electron chi connectivity index (χ2n) is 8.81. The lowest BCUT2D eigenvalue weighted by atomic mass is 9.73. The molecule has 3 rings (SSSR count). The third-order valence-electron chi connectivity index (χ3n) is 5.52. The number of hydrogen-bond acceptors (Lipinski definition) is 5. The number of rotatable bonds is 6. The molecule has 3 aliphatic heterocycles. The predicted octanol–water partition coefficient (Wildman–Crippen LogP) is 2.08. The van der Waals surface area contributed by atoms with E-state index in [2.05, 4.69) is 37.9 Å². The maximum atomic E-state index is 11.9. The Labute approximate surface area is 161 Å². The standard InChI is InChI=1S/C18H32N2O2S.CH2O2/c1-5-23-10-16(21)19-8-13-14-9-20(11-17(2,3)4)12-18(14)7-6-15(13)22-18;2-1-3/h13-15H,5-12H2,1-4H3,(H,19,21);1H,(H,2,3)/t13-,14+,15+,18+;/m0./s1. The van der Waals surface area contributed by atoms with Gasteiger partial charge in [-0.2, -0.15) is 11.8 Å². The van der Waals surface area contributed by atoms with Gasteiger partial charge >= 0.3 is 0 Å². The molecule has 4 atom stereocenters. The maximum absolute atomic E-state index is 11.9. The van der Waals surface area contributed by atoms with E-state index in [0.717, 1.165) is 31.9 Å². The minimum Gasteiger partial charge on any atom is -0.483 e. The summed E-state index contributed by atoms with van der Waals surface area (Å²) >= 11 is 1.69. The minimum atomic E-state index is -0.250. The van der Waals surface area contributed by atoms with Gasteiger partial charge in [-0.3, -0.25) is 14.5 Å². The number of carboxylic acid groups (broad SMARTS) is 1. The van der Waals surface area contributed by atoms with Crippen LogP contribution in [0.5, 0.6) is 0 Å². The molecule has 2 bridgehead atoms. The molecule has 26 heavy (non-hydrogen) atoms. The molecule has 7 heteroatoms. The van der Waals surface area contributed by atoms with Crippen LogP contribution in [0, 0.1) is 17.3 Å². The molecule has 3 heterocycles. The van der Waals surface area contributed by atoms with Crippen molar-refractivity contribution in [1.82, 2.24) is 10.2 Å². The summed E-state index contributed by atoms with van der Waals surface area (Å²) < 4.78 is 6.46. The fourth-order valence-electron chi connectivity index (χ4n) is 4.83. The van der Waals surface area contributed by atoms with Gasteiger partial charge in [-0.15, -0.1) is 0 Å². The molecule has 3 saturated heterocycles. The van der Waals surface area contributed by atoms with Crippen LogP contribution < -0.4 is 5.32 Å². The summed E-state index contributed by atoms with van der Waals surface area (Å²) in [5.74, 6) is 2.86. The number of carbonyl (C=O) groups excluding carboxylic acids is 1. The van der Waals surface area contributed by atoms with E-state index in [1.165, 1.54) is 12.8 Å². The first-order chi connectivity index (χ1) is 12.2. The summed E-state index contributed by atoms with van der Waals surface area (Å²) in [7, 11) is 0. The maximum Gasteiger partial charge on any atom is 0.290 e. The number of fused-ring (bicyclic) bond motifs is 1. The molecule has 3 aliphatic rings. The highest BCUT2D eigenvalue weighted by molar-refractivity contribution is 7.99. The van der Waals surface area contributed by atoms with Crippen LogP contribution >= 0.6 is 11.8 Å². The van der Waals surface area contributed by atoms with Crippen LogP contribution in [0.4, 0.5) is 0 Å². The molecule has 0 saturated carbocycles. The molecule has 0 aromatic carbocycles. The molecule has 6 nitrogen and oxygen atoms in total. The van der Waals surface area contributed by atoms with E-state index in [0.29, 0.717) is 29.1 Å². The zero-order valence-electron chi connectivity index (χ0n) is 16.5. The molecule has 3 fully saturated rings. The summed E-state index contributed by atoms with van der Waals surface area (Å²) in [6.07, 6.45) is 2.75. The lowest BCUT2D eigenvalue weighted by Crippen LogP contribution is -2.42. The van der Waals surface area contributed by atoms with Crippen LogP contribution in [-0.4, -0.2) is 71.8 Å². The van der Waals surface area contributed by atoms with Crippen LogP contribution in [0.25, 0.3) is 0 Å². The van der Waals surface area contributed by atoms with Gasteiger partial charge in [-0.25, -0.2) is 0 Å². The van der Waals surface area contributed by atoms with E-state index in [1.807, 2.05) is 0 Å². The highest BCUT2D eigenvalue weighted by Gasteiger charge is 2.62. The van der Waals surface area contributed by atoms with Crippen LogP contribution in [0.15, 0.2) is 0 Å². The molecular weight excluding hydrogens is 352 g/mol. The van der Waals surface area contributed by atoms with Crippen molar-refractivity contribution in [3.8, 4) is 0 Å². The first-order valence-corrected chi connectivity index (χ1v) is 10.7. The third kappa shape index (κ3) is 5.14. The van der Waals surface area contributed by atoms with E-state index in [9.17, 15) is 4.79 Å². The highest BCUT2D eigenvalue weighted by Crippen LogP contribution is 2.54. The monoisotopic (exact) mass is 386 g/mol. The van der Waals surface area contributed by atoms with Gasteiger partial charge in [0.1, 0.15) is 0 Å². The largest absolute Gasteiger partial charge is 0.483 e. The molecule has 0 aromatic heterocycles. The van der Waals surface area contributed by atoms with E-state index < -0.39 is 0 Å². The van der Waals surface area contributed by atoms with Gasteiger partial charge in [0.2, 0.25) is 5.91 Å². The number of nitrogens with zero attached hydrogens (tertiary/aromatic N) is 1. The Morgan fingerprint density at radius 1 is 1.46 bits per heavy atom. The van der Waals surface area contributed by atoms with Gasteiger partial charge in [0.15, 0.2) is 0 Å². The molecule has 0 unspecified atom stereocenters. The number of nitrogens with one attached hydrogen (secondary N) is 1. The summed E-state index contributed by atoms with van der Waals surface area (Å²) in [5, 5.41) is 10.0. The Hall–Kier alpha value is -0.790. The van der Waals surface area contributed by atoms with Crippen LogP contribution in [0.3, 0.4) is 0 Å². The fraction of sp³-hybridized carbons (Fsp3) is 0.895. The van der Waals surface area contributed by atoms with Crippen molar-refractivity contribution in [2.24, 2.45) is 17.3 Å². The summed E-state index contributed by atoms with van der Waals surface area (Å²) in [4.78, 5) is 22.9. The second-order valence-corrected chi connectivity index (χ2v) is 10.1. The van der Waals surface area contributed by atoms with Crippen molar-refractivity contribution >= 4 is 24.1 Å². The Balaban J connectivity index is 0.000000758. The number of amides is 1. The number of ether oxygens (including phenoxy) is 1. The van der Waals surface area contributed by atoms with E-state index in [-0.39, 0.29) is 18.0 Å². The summed E-state index contributed by atoms with van der Waals surface area (Å²) in [6.45, 7) is 12.9. The Morgan fingerprint density at radius 3 is 2.77 bits per heavy atom. The Bertz CT molecular complexity index is 496. The molecule has 1 spiro atoms. The molecular formula is C19H34N2O4S. The van der Waals surface area contributed by atoms with Crippen LogP contribution in [0.2, 0.25) is 0 Å². The zero-order valence-corrected chi connectivity index (χ0v) is 17.3. The fourth-order valence-corrected chi connectivity index (χ4v) is 5.32. The van der Waals surface area contributed by atoms with Gasteiger partial charge in [0.25, 0.3) is 6.47 Å². The SMILES string of the molecule is CCSCC(=O)NC[C@H]1[C@H]2CN(CC(C)(C)C)C[C@]23CC[C@H]1O3.O=CO. The van der Waals surface area contributed by atoms with Crippen molar-refractivity contribution < 1.29 is 19.4 Å². The molecule has 150 valence electrons. The molecule has 0 radical (unpaired) electrons. The highest BCUT2D eigenvalue weighted by atomic mass is 32.2. The van der Waals surface area contributed by atoms with Crippen molar-refractivity contribution in [1.29, 1.82) is 0 Å². The van der Waals surface area contributed by atoms with E-state index >= 15 is 0 Å². The summed E-state index contributed by atoms with van der Waals surface area (Å²) in [5.41, 5.74) is 0.415. The predicted molar refractivity (Wildman–Crippen MR) is 104 cm³/mol. The number of likely N-dealkylation sites (tertiary alicyclic amines) is 1. The van der Waals surface area contributed by atoms with Crippen LogP contribution in [-0.2, 0) is 14.3 Å². The number of thioether (sulfide) groups is 1. The molecule has 1 amide bonds. The minimum absolute atomic E-state index is 0.0868. The molecule has 0 aromatic rings. The molecule has 0 aliphatic carbocycles. The number of hydrogen-bond donors (Lipinski definition) is 2. The van der Waals surface area contributed by atoms with Crippen molar-refractivity contribution in [3.63, 3.8) is 0 Å². The quantitative estimate of drug-likeness (QED) is 0.681. The Morgan fingerprint density at radius 2 is 2.15 bits per heavy atom. The van der Waals surface area contributed by atoms with Gasteiger partial charge in [0.05, 0.1) is 17.5 Å². The number of carbonyl (C=O) groups is 2. The topological polar surface area (TPSA) is 78.9 Å². The van der Waals surface area contributed by atoms with Gasteiger partial charge in [-0.1, -0.05) is 27.7 Å². The van der Waals surface area contributed by atoms with Crippen LogP contribution in [0.1, 0.15) is 40.5 Å². The first kappa shape index (κ1) is 21.5. The van der Waals surface area contributed by atoms with Crippen molar-refractivity contribution in [2.75, 3.05) is 37.7 Å². The first-order valence-electron chi connectivity index (χ1n) is 9.57. The lowest BCUT2D eigenvalue weighted by molar-refractivity contribution is -0.123. The van der Waals surface area contributed by atoms with Gasteiger partial charge in [0, 0.05) is 38.0 Å². The summed E-state index contributed by atoms with van der Waals surface area (Å²) in [6, 6.07) is 0. The smallest absolute Gasteiger partial charge is 0.290 e. The average Bonchev–Trinajstić information content (AvgIpc) is 3.17. The third-order valence-corrected chi connectivity index (χ3v) is 6.40. The van der Waals surface area contributed by atoms with Crippen molar-refractivity contribution in [2.45, 2.75) is 52.2 Å². The average molecular weight is 387 g/mol. The van der Waals surface area contributed by atoms with E-state index in [1.54, 1.807) is 11.8 Å². The van der Waals surface area contributed by atoms with Gasteiger partial charge < -0.3 is 15.2 Å². The Kier molecular flexibility index (Phi) is 7.39. The van der Waals surface area contributed by atoms with E-state index in [4.69, 9.17) is 14.6 Å². The second kappa shape index (κ2) is 8.93. The zero-order chi connectivity index (χ0) is 19.4. The molecule has 2 N–H and O–H groups in total.